The molecule has 140 valence electrons. The van der Waals surface area contributed by atoms with Gasteiger partial charge >= 0.3 is 0 Å². The number of hydrogen-bond acceptors (Lipinski definition) is 4. The Labute approximate surface area is 162 Å². The highest BCUT2D eigenvalue weighted by molar-refractivity contribution is 7.16. The number of para-hydroxylation sites is 1. The second-order valence-corrected chi connectivity index (χ2v) is 6.70. The van der Waals surface area contributed by atoms with E-state index < -0.39 is 0 Å². The Bertz CT molecular complexity index is 1020. The van der Waals surface area contributed by atoms with Gasteiger partial charge in [0.2, 0.25) is 0 Å². The monoisotopic (exact) mass is 382 g/mol. The van der Waals surface area contributed by atoms with E-state index >= 15 is 0 Å². The van der Waals surface area contributed by atoms with Gasteiger partial charge in [-0.15, -0.1) is 6.58 Å². The first-order valence-corrected chi connectivity index (χ1v) is 9.67. The van der Waals surface area contributed by atoms with Crippen molar-refractivity contribution in [3.05, 3.63) is 65.5 Å². The van der Waals surface area contributed by atoms with E-state index in [1.54, 1.807) is 30.3 Å². The number of fused-ring (bicyclic) bond motifs is 1. The zero-order chi connectivity index (χ0) is 19.2. The number of allylic oxidation sites excluding steroid dienone is 1. The largest absolute Gasteiger partial charge is 0.494 e. The molecule has 0 radical (unpaired) electrons. The SMILES string of the molecule is C=CCn1c(=NC(=O)c2ccc(OCC)cc2)sc2cccc(OCC)c21. The number of hydrogen-bond donors (Lipinski definition) is 0. The van der Waals surface area contributed by atoms with Gasteiger partial charge in [0, 0.05) is 12.1 Å². The molecule has 6 heteroatoms. The minimum absolute atomic E-state index is 0.291. The Balaban J connectivity index is 2.06. The van der Waals surface area contributed by atoms with Gasteiger partial charge in [0.1, 0.15) is 17.0 Å². The van der Waals surface area contributed by atoms with Crippen LogP contribution >= 0.6 is 11.3 Å². The maximum Gasteiger partial charge on any atom is 0.279 e. The van der Waals surface area contributed by atoms with Gasteiger partial charge in [0.05, 0.1) is 17.9 Å². The maximum absolute atomic E-state index is 12.7. The number of benzene rings is 2. The van der Waals surface area contributed by atoms with Crippen molar-refractivity contribution in [2.75, 3.05) is 13.2 Å². The summed E-state index contributed by atoms with van der Waals surface area (Å²) in [6, 6.07) is 12.9. The van der Waals surface area contributed by atoms with Gasteiger partial charge in [-0.1, -0.05) is 23.5 Å². The molecule has 0 N–H and O–H groups in total. The fourth-order valence-electron chi connectivity index (χ4n) is 2.77. The zero-order valence-electron chi connectivity index (χ0n) is 15.5. The average Bonchev–Trinajstić information content (AvgIpc) is 3.01. The van der Waals surface area contributed by atoms with E-state index in [1.165, 1.54) is 11.3 Å². The molecule has 0 aliphatic heterocycles. The van der Waals surface area contributed by atoms with Crippen LogP contribution in [0.1, 0.15) is 24.2 Å². The summed E-state index contributed by atoms with van der Waals surface area (Å²) >= 11 is 1.46. The molecular formula is C21H22N2O3S. The number of aromatic nitrogens is 1. The summed E-state index contributed by atoms with van der Waals surface area (Å²) in [4.78, 5) is 17.6. The van der Waals surface area contributed by atoms with Crippen molar-refractivity contribution < 1.29 is 14.3 Å². The molecule has 0 atom stereocenters. The zero-order valence-corrected chi connectivity index (χ0v) is 16.3. The summed E-state index contributed by atoms with van der Waals surface area (Å²) in [6.07, 6.45) is 1.79. The predicted molar refractivity (Wildman–Crippen MR) is 109 cm³/mol. The van der Waals surface area contributed by atoms with Crippen molar-refractivity contribution >= 4 is 27.5 Å². The predicted octanol–water partition coefficient (Wildman–Crippen LogP) is 4.43. The number of amides is 1. The van der Waals surface area contributed by atoms with Crippen molar-refractivity contribution in [1.29, 1.82) is 0 Å². The fourth-order valence-corrected chi connectivity index (χ4v) is 3.82. The molecule has 0 unspecified atom stereocenters. The minimum Gasteiger partial charge on any atom is -0.494 e. The van der Waals surface area contributed by atoms with Gasteiger partial charge in [0.25, 0.3) is 5.91 Å². The van der Waals surface area contributed by atoms with Crippen molar-refractivity contribution in [3.63, 3.8) is 0 Å². The molecule has 3 rings (SSSR count). The highest BCUT2D eigenvalue weighted by atomic mass is 32.1. The molecule has 0 aliphatic rings. The lowest BCUT2D eigenvalue weighted by atomic mass is 10.2. The first-order chi connectivity index (χ1) is 13.2. The van der Waals surface area contributed by atoms with Crippen LogP contribution in [-0.4, -0.2) is 23.7 Å². The van der Waals surface area contributed by atoms with Crippen LogP contribution in [0.5, 0.6) is 11.5 Å². The quantitative estimate of drug-likeness (QED) is 0.568. The molecule has 0 spiro atoms. The van der Waals surface area contributed by atoms with Crippen LogP contribution < -0.4 is 14.3 Å². The van der Waals surface area contributed by atoms with Crippen LogP contribution in [-0.2, 0) is 6.54 Å². The molecule has 0 saturated carbocycles. The van der Waals surface area contributed by atoms with Gasteiger partial charge in [-0.25, -0.2) is 0 Å². The molecule has 0 aliphatic carbocycles. The fraction of sp³-hybridized carbons (Fsp3) is 0.238. The lowest BCUT2D eigenvalue weighted by Crippen LogP contribution is -2.16. The van der Waals surface area contributed by atoms with Crippen molar-refractivity contribution in [1.82, 2.24) is 4.57 Å². The van der Waals surface area contributed by atoms with Gasteiger partial charge < -0.3 is 14.0 Å². The molecule has 0 fully saturated rings. The first kappa shape index (κ1) is 18.9. The molecule has 1 heterocycles. The maximum atomic E-state index is 12.7. The van der Waals surface area contributed by atoms with Gasteiger partial charge in [-0.2, -0.15) is 4.99 Å². The van der Waals surface area contributed by atoms with Gasteiger partial charge in [-0.3, -0.25) is 4.79 Å². The Morgan fingerprint density at radius 2 is 1.89 bits per heavy atom. The highest BCUT2D eigenvalue weighted by Crippen LogP contribution is 2.27. The smallest absolute Gasteiger partial charge is 0.279 e. The standard InChI is InChI=1S/C21H22N2O3S/c1-4-14-23-19-17(26-6-3)8-7-9-18(19)27-21(23)22-20(24)15-10-12-16(13-11-15)25-5-2/h4,7-13H,1,5-6,14H2,2-3H3. The minimum atomic E-state index is -0.291. The third kappa shape index (κ3) is 4.11. The first-order valence-electron chi connectivity index (χ1n) is 8.85. The van der Waals surface area contributed by atoms with E-state index in [1.807, 2.05) is 36.6 Å². The third-order valence-corrected chi connectivity index (χ3v) is 4.93. The molecule has 1 amide bonds. The van der Waals surface area contributed by atoms with Crippen molar-refractivity contribution in [3.8, 4) is 11.5 Å². The summed E-state index contributed by atoms with van der Waals surface area (Å²) in [5, 5.41) is 0. The molecular weight excluding hydrogens is 360 g/mol. The Hall–Kier alpha value is -2.86. The number of carbonyl (C=O) groups excluding carboxylic acids is 1. The van der Waals surface area contributed by atoms with Crippen molar-refractivity contribution in [2.45, 2.75) is 20.4 Å². The van der Waals surface area contributed by atoms with E-state index in [0.29, 0.717) is 30.1 Å². The van der Waals surface area contributed by atoms with Crippen molar-refractivity contribution in [2.24, 2.45) is 4.99 Å². The number of nitrogens with zero attached hydrogens (tertiary/aromatic N) is 2. The van der Waals surface area contributed by atoms with Crippen LogP contribution in [0.4, 0.5) is 0 Å². The molecule has 2 aromatic carbocycles. The van der Waals surface area contributed by atoms with Gasteiger partial charge in [0.15, 0.2) is 4.80 Å². The molecule has 27 heavy (non-hydrogen) atoms. The number of thiazole rings is 1. The molecule has 0 saturated heterocycles. The normalized spacial score (nSPS) is 11.6. The summed E-state index contributed by atoms with van der Waals surface area (Å²) in [5.41, 5.74) is 1.45. The second kappa shape index (κ2) is 8.68. The molecule has 3 aromatic rings. The van der Waals surface area contributed by atoms with Crippen LogP contribution in [0.15, 0.2) is 60.1 Å². The summed E-state index contributed by atoms with van der Waals surface area (Å²) in [6.45, 7) is 9.39. The van der Waals surface area contributed by atoms with E-state index in [-0.39, 0.29) is 5.91 Å². The lowest BCUT2D eigenvalue weighted by Gasteiger charge is -2.08. The van der Waals surface area contributed by atoms with E-state index in [0.717, 1.165) is 21.7 Å². The third-order valence-electron chi connectivity index (χ3n) is 3.89. The Morgan fingerprint density at radius 3 is 2.56 bits per heavy atom. The number of ether oxygens (including phenoxy) is 2. The number of rotatable bonds is 7. The number of carbonyl (C=O) groups is 1. The van der Waals surface area contributed by atoms with Crippen LogP contribution in [0.25, 0.3) is 10.2 Å². The van der Waals surface area contributed by atoms with E-state index in [4.69, 9.17) is 9.47 Å². The van der Waals surface area contributed by atoms with E-state index in [9.17, 15) is 4.79 Å². The lowest BCUT2D eigenvalue weighted by molar-refractivity contribution is 0.0998. The van der Waals surface area contributed by atoms with Gasteiger partial charge in [-0.05, 0) is 50.2 Å². The average molecular weight is 382 g/mol. The van der Waals surface area contributed by atoms with Crippen LogP contribution in [0.3, 0.4) is 0 Å². The Morgan fingerprint density at radius 1 is 1.15 bits per heavy atom. The highest BCUT2D eigenvalue weighted by Gasteiger charge is 2.12. The molecule has 5 nitrogen and oxygen atoms in total. The molecule has 0 bridgehead atoms. The summed E-state index contributed by atoms with van der Waals surface area (Å²) in [7, 11) is 0. The molecule has 1 aromatic heterocycles. The van der Waals surface area contributed by atoms with Crippen LogP contribution in [0.2, 0.25) is 0 Å². The summed E-state index contributed by atoms with van der Waals surface area (Å²) in [5.74, 6) is 1.22. The Kier molecular flexibility index (Phi) is 6.08. The van der Waals surface area contributed by atoms with Crippen LogP contribution in [0, 0.1) is 0 Å². The summed E-state index contributed by atoms with van der Waals surface area (Å²) < 4.78 is 14.2. The van der Waals surface area contributed by atoms with E-state index in [2.05, 4.69) is 11.6 Å². The second-order valence-electron chi connectivity index (χ2n) is 5.69. The topological polar surface area (TPSA) is 52.8 Å².